The van der Waals surface area contributed by atoms with Crippen LogP contribution in [-0.4, -0.2) is 17.1 Å². The van der Waals surface area contributed by atoms with Crippen LogP contribution < -0.4 is 5.49 Å². The predicted molar refractivity (Wildman–Crippen MR) is 46.9 cm³/mol. The van der Waals surface area contributed by atoms with E-state index < -0.39 is 0 Å². The molecular weight excluding hydrogens is 168 g/mol. The van der Waals surface area contributed by atoms with E-state index in [4.69, 9.17) is 10.1 Å². The van der Waals surface area contributed by atoms with Gasteiger partial charge in [-0.1, -0.05) is 6.07 Å². The molecule has 0 aliphatic carbocycles. The van der Waals surface area contributed by atoms with Gasteiger partial charge in [0.2, 0.25) is 0 Å². The summed E-state index contributed by atoms with van der Waals surface area (Å²) in [7, 11) is 0. The molecule has 0 amide bonds. The molecule has 0 saturated heterocycles. The van der Waals surface area contributed by atoms with E-state index in [-0.39, 0.29) is 12.5 Å². The first-order valence-electron chi connectivity index (χ1n) is 4.09. The second kappa shape index (κ2) is 4.45. The average Bonchev–Trinajstić information content (AvgIpc) is 2.09. The van der Waals surface area contributed by atoms with Crippen LogP contribution in [0.25, 0.3) is 0 Å². The number of nitrogens with zero attached hydrogens (tertiary/aromatic N) is 1. The van der Waals surface area contributed by atoms with Crippen molar-refractivity contribution in [3.8, 4) is 0 Å². The van der Waals surface area contributed by atoms with Crippen molar-refractivity contribution >= 4 is 5.97 Å². The third-order valence-electron chi connectivity index (χ3n) is 1.55. The molecule has 0 aromatic carbocycles. The molecule has 4 heteroatoms. The molecule has 1 N–H and O–H groups in total. The van der Waals surface area contributed by atoms with Gasteiger partial charge < -0.3 is 9.30 Å². The zero-order valence-corrected chi connectivity index (χ0v) is 7.49. The number of aromatic nitrogens is 1. The van der Waals surface area contributed by atoms with Crippen LogP contribution in [0.1, 0.15) is 6.92 Å². The van der Waals surface area contributed by atoms with Gasteiger partial charge >= 0.3 is 5.97 Å². The van der Waals surface area contributed by atoms with Gasteiger partial charge in [-0.05, 0) is 19.1 Å². The third-order valence-corrected chi connectivity index (χ3v) is 1.55. The molecule has 4 nitrogen and oxygen atoms in total. The minimum atomic E-state index is -0.313. The highest BCUT2D eigenvalue weighted by Gasteiger charge is 2.01. The summed E-state index contributed by atoms with van der Waals surface area (Å²) in [6.45, 7) is 2.24. The molecule has 0 aliphatic heterocycles. The van der Waals surface area contributed by atoms with Crippen molar-refractivity contribution < 1.29 is 9.53 Å². The van der Waals surface area contributed by atoms with Gasteiger partial charge in [-0.3, -0.25) is 10.2 Å². The highest BCUT2D eigenvalue weighted by molar-refractivity contribution is 5.69. The topological polar surface area (TPSA) is 55.1 Å². The standard InChI is InChI=1S/C9H12N2O2/c1-2-13-9(12)7-11-6-4-3-5-8(11)10/h3-6,10H,2,7H2,1H3. The van der Waals surface area contributed by atoms with Gasteiger partial charge in [0, 0.05) is 6.20 Å². The molecule has 13 heavy (non-hydrogen) atoms. The molecule has 0 spiro atoms. The first-order chi connectivity index (χ1) is 6.24. The Morgan fingerprint density at radius 3 is 3.00 bits per heavy atom. The van der Waals surface area contributed by atoms with Crippen LogP contribution in [0.15, 0.2) is 24.4 Å². The Morgan fingerprint density at radius 1 is 1.62 bits per heavy atom. The van der Waals surface area contributed by atoms with Crippen molar-refractivity contribution in [2.45, 2.75) is 13.5 Å². The maximum atomic E-state index is 11.0. The summed E-state index contributed by atoms with van der Waals surface area (Å²) in [6.07, 6.45) is 1.68. The van der Waals surface area contributed by atoms with Crippen LogP contribution in [0.5, 0.6) is 0 Å². The maximum Gasteiger partial charge on any atom is 0.325 e. The lowest BCUT2D eigenvalue weighted by atomic mass is 10.4. The Hall–Kier alpha value is -1.58. The van der Waals surface area contributed by atoms with Crippen molar-refractivity contribution in [2.24, 2.45) is 0 Å². The van der Waals surface area contributed by atoms with Crippen LogP contribution in [0.4, 0.5) is 0 Å². The van der Waals surface area contributed by atoms with Crippen LogP contribution in [0, 0.1) is 5.41 Å². The monoisotopic (exact) mass is 180 g/mol. The molecule has 0 atom stereocenters. The number of esters is 1. The Balaban J connectivity index is 2.69. The number of carbonyl (C=O) groups is 1. The van der Waals surface area contributed by atoms with Crippen LogP contribution in [0.2, 0.25) is 0 Å². The molecule has 0 radical (unpaired) electrons. The van der Waals surface area contributed by atoms with E-state index in [1.54, 1.807) is 31.3 Å². The normalized spacial score (nSPS) is 9.62. The minimum absolute atomic E-state index is 0.105. The fourth-order valence-electron chi connectivity index (χ4n) is 0.960. The Labute approximate surface area is 76.3 Å². The maximum absolute atomic E-state index is 11.0. The van der Waals surface area contributed by atoms with Crippen molar-refractivity contribution in [2.75, 3.05) is 6.61 Å². The number of ether oxygens (including phenoxy) is 1. The lowest BCUT2D eigenvalue weighted by molar-refractivity contribution is -0.143. The van der Waals surface area contributed by atoms with E-state index >= 15 is 0 Å². The average molecular weight is 180 g/mol. The van der Waals surface area contributed by atoms with E-state index in [1.165, 1.54) is 4.57 Å². The van der Waals surface area contributed by atoms with Gasteiger partial charge in [0.05, 0.1) is 6.61 Å². The molecule has 1 aromatic rings. The number of nitrogens with one attached hydrogen (secondary N) is 1. The molecule has 1 aromatic heterocycles. The molecule has 0 saturated carbocycles. The molecule has 0 bridgehead atoms. The van der Waals surface area contributed by atoms with Gasteiger partial charge in [-0.25, -0.2) is 0 Å². The first-order valence-corrected chi connectivity index (χ1v) is 4.09. The summed E-state index contributed by atoms with van der Waals surface area (Å²) >= 11 is 0. The number of hydrogen-bond donors (Lipinski definition) is 1. The molecular formula is C9H12N2O2. The summed E-state index contributed by atoms with van der Waals surface area (Å²) in [6, 6.07) is 5.15. The molecule has 1 heterocycles. The summed E-state index contributed by atoms with van der Waals surface area (Å²) in [4.78, 5) is 11.0. The van der Waals surface area contributed by atoms with E-state index in [0.717, 1.165) is 0 Å². The van der Waals surface area contributed by atoms with E-state index in [9.17, 15) is 4.79 Å². The number of rotatable bonds is 3. The zero-order valence-electron chi connectivity index (χ0n) is 7.49. The fraction of sp³-hybridized carbons (Fsp3) is 0.333. The second-order valence-electron chi connectivity index (χ2n) is 2.52. The third kappa shape index (κ3) is 2.74. The molecule has 70 valence electrons. The fourth-order valence-corrected chi connectivity index (χ4v) is 0.960. The van der Waals surface area contributed by atoms with Gasteiger partial charge in [0.15, 0.2) is 0 Å². The minimum Gasteiger partial charge on any atom is -0.465 e. The quantitative estimate of drug-likeness (QED) is 0.690. The second-order valence-corrected chi connectivity index (χ2v) is 2.52. The summed E-state index contributed by atoms with van der Waals surface area (Å²) in [5, 5.41) is 7.45. The lowest BCUT2D eigenvalue weighted by Crippen LogP contribution is -2.23. The van der Waals surface area contributed by atoms with Gasteiger partial charge in [0.25, 0.3) is 0 Å². The number of hydrogen-bond acceptors (Lipinski definition) is 3. The lowest BCUT2D eigenvalue weighted by Gasteiger charge is -2.04. The zero-order chi connectivity index (χ0) is 9.68. The molecule has 1 rings (SSSR count). The van der Waals surface area contributed by atoms with Gasteiger partial charge in [0.1, 0.15) is 12.0 Å². The smallest absolute Gasteiger partial charge is 0.325 e. The summed E-state index contributed by atoms with van der Waals surface area (Å²) < 4.78 is 6.28. The van der Waals surface area contributed by atoms with E-state index in [1.807, 2.05) is 0 Å². The van der Waals surface area contributed by atoms with Crippen LogP contribution in [0.3, 0.4) is 0 Å². The molecule has 0 unspecified atom stereocenters. The summed E-state index contributed by atoms with van der Waals surface area (Å²) in [5.41, 5.74) is 0.301. The Bertz CT molecular complexity index is 343. The van der Waals surface area contributed by atoms with Crippen molar-refractivity contribution in [1.29, 1.82) is 5.41 Å². The van der Waals surface area contributed by atoms with Crippen LogP contribution >= 0.6 is 0 Å². The summed E-state index contributed by atoms with van der Waals surface area (Å²) in [5.74, 6) is -0.313. The van der Waals surface area contributed by atoms with E-state index in [2.05, 4.69) is 0 Å². The Morgan fingerprint density at radius 2 is 2.38 bits per heavy atom. The number of pyridine rings is 1. The van der Waals surface area contributed by atoms with Crippen molar-refractivity contribution in [3.05, 3.63) is 29.9 Å². The highest BCUT2D eigenvalue weighted by Crippen LogP contribution is 1.85. The highest BCUT2D eigenvalue weighted by atomic mass is 16.5. The SMILES string of the molecule is CCOC(=O)Cn1ccccc1=N. The Kier molecular flexibility index (Phi) is 3.25. The number of carbonyl (C=O) groups excluding carboxylic acids is 1. The van der Waals surface area contributed by atoms with Crippen LogP contribution in [-0.2, 0) is 16.1 Å². The largest absolute Gasteiger partial charge is 0.465 e. The van der Waals surface area contributed by atoms with Gasteiger partial charge in [-0.2, -0.15) is 0 Å². The predicted octanol–water partition coefficient (Wildman–Crippen LogP) is 0.531. The van der Waals surface area contributed by atoms with Gasteiger partial charge in [-0.15, -0.1) is 0 Å². The molecule has 0 fully saturated rings. The van der Waals surface area contributed by atoms with Crippen molar-refractivity contribution in [1.82, 2.24) is 4.57 Å². The van der Waals surface area contributed by atoms with E-state index in [0.29, 0.717) is 12.1 Å². The first kappa shape index (κ1) is 9.51. The van der Waals surface area contributed by atoms with Crippen molar-refractivity contribution in [3.63, 3.8) is 0 Å². The molecule has 0 aliphatic rings.